The lowest BCUT2D eigenvalue weighted by atomic mass is 10.5. The first-order chi connectivity index (χ1) is 8.04. The van der Waals surface area contributed by atoms with Crippen molar-refractivity contribution in [1.29, 1.82) is 0 Å². The fraction of sp³-hybridized carbons (Fsp3) is 0.625. The summed E-state index contributed by atoms with van der Waals surface area (Å²) >= 11 is 0. The Morgan fingerprint density at radius 2 is 1.89 bits per heavy atom. The van der Waals surface area contributed by atoms with Crippen LogP contribution in [0.1, 0.15) is 5.69 Å². The number of anilines is 1. The smallest absolute Gasteiger partial charge is 0.246 e. The van der Waals surface area contributed by atoms with Crippen LogP contribution in [0.3, 0.4) is 0 Å². The van der Waals surface area contributed by atoms with Gasteiger partial charge in [0.25, 0.3) is 0 Å². The van der Waals surface area contributed by atoms with Crippen molar-refractivity contribution in [3.05, 3.63) is 5.69 Å². The highest BCUT2D eigenvalue weighted by Crippen LogP contribution is 2.20. The maximum Gasteiger partial charge on any atom is 0.246 e. The molecule has 0 fully saturated rings. The fourth-order valence-electron chi connectivity index (χ4n) is 1.38. The Hall–Kier alpha value is -1.13. The van der Waals surface area contributed by atoms with Crippen LogP contribution in [0.25, 0.3) is 0 Å². The molecule has 0 radical (unpaired) electrons. The molecule has 0 saturated carbocycles. The maximum absolute atomic E-state index is 11.9. The second kappa shape index (κ2) is 4.86. The molecule has 0 aliphatic carbocycles. The zero-order valence-corrected chi connectivity index (χ0v) is 12.0. The van der Waals surface area contributed by atoms with E-state index in [2.05, 4.69) is 9.82 Å². The molecule has 0 unspecified atom stereocenters. The van der Waals surface area contributed by atoms with Gasteiger partial charge >= 0.3 is 0 Å². The van der Waals surface area contributed by atoms with Crippen molar-refractivity contribution in [2.75, 3.05) is 24.3 Å². The number of nitrogens with two attached hydrogens (primary N) is 1. The minimum Gasteiger partial charge on any atom is -0.381 e. The van der Waals surface area contributed by atoms with Gasteiger partial charge in [-0.05, 0) is 6.92 Å². The van der Waals surface area contributed by atoms with E-state index in [-0.39, 0.29) is 23.0 Å². The zero-order chi connectivity index (χ0) is 14.1. The van der Waals surface area contributed by atoms with Crippen LogP contribution in [0.2, 0.25) is 0 Å². The Kier molecular flexibility index (Phi) is 4.03. The average Bonchev–Trinajstić information content (AvgIpc) is 2.38. The lowest BCUT2D eigenvalue weighted by Gasteiger charge is -2.06. The molecule has 8 nitrogen and oxygen atoms in total. The standard InChI is InChI=1S/C8H16N4O4S2/c1-6-7(8(9)11-12(6)2)18(15,16)10-4-5-17(3,13)14/h10H,4-5H2,1-3H3,(H2,9,11). The summed E-state index contributed by atoms with van der Waals surface area (Å²) < 4.78 is 49.2. The first kappa shape index (κ1) is 14.9. The van der Waals surface area contributed by atoms with Gasteiger partial charge < -0.3 is 5.73 Å². The number of nitrogen functional groups attached to an aromatic ring is 1. The van der Waals surface area contributed by atoms with Crippen LogP contribution in [-0.2, 0) is 26.9 Å². The van der Waals surface area contributed by atoms with E-state index in [1.54, 1.807) is 14.0 Å². The van der Waals surface area contributed by atoms with Crippen molar-refractivity contribution in [2.45, 2.75) is 11.8 Å². The molecule has 0 aliphatic rings. The molecule has 3 N–H and O–H groups in total. The van der Waals surface area contributed by atoms with Crippen molar-refractivity contribution in [2.24, 2.45) is 7.05 Å². The van der Waals surface area contributed by atoms with Crippen LogP contribution in [0.5, 0.6) is 0 Å². The predicted octanol–water partition coefficient (Wildman–Crippen LogP) is -1.37. The molecule has 18 heavy (non-hydrogen) atoms. The molecule has 0 bridgehead atoms. The van der Waals surface area contributed by atoms with Crippen molar-refractivity contribution >= 4 is 25.7 Å². The lowest BCUT2D eigenvalue weighted by Crippen LogP contribution is -2.29. The van der Waals surface area contributed by atoms with E-state index < -0.39 is 19.9 Å². The molecular formula is C8H16N4O4S2. The second-order valence-corrected chi connectivity index (χ2v) is 7.91. The quantitative estimate of drug-likeness (QED) is 0.691. The van der Waals surface area contributed by atoms with E-state index in [0.29, 0.717) is 5.69 Å². The molecule has 1 rings (SSSR count). The van der Waals surface area contributed by atoms with Gasteiger partial charge in [0.1, 0.15) is 14.7 Å². The fourth-order valence-corrected chi connectivity index (χ4v) is 3.33. The van der Waals surface area contributed by atoms with Crippen LogP contribution < -0.4 is 10.5 Å². The van der Waals surface area contributed by atoms with Crippen LogP contribution in [0.4, 0.5) is 5.82 Å². The molecule has 0 aliphatic heterocycles. The number of sulfonamides is 1. The Bertz CT molecular complexity index is 645. The van der Waals surface area contributed by atoms with Crippen LogP contribution >= 0.6 is 0 Å². The first-order valence-corrected chi connectivity index (χ1v) is 8.55. The van der Waals surface area contributed by atoms with Gasteiger partial charge in [0.05, 0.1) is 11.4 Å². The molecule has 10 heteroatoms. The predicted molar refractivity (Wildman–Crippen MR) is 67.3 cm³/mol. The van der Waals surface area contributed by atoms with Crippen molar-refractivity contribution < 1.29 is 16.8 Å². The summed E-state index contributed by atoms with van der Waals surface area (Å²) in [5.41, 5.74) is 5.90. The number of hydrogen-bond acceptors (Lipinski definition) is 6. The molecule has 104 valence electrons. The largest absolute Gasteiger partial charge is 0.381 e. The summed E-state index contributed by atoms with van der Waals surface area (Å²) in [6.45, 7) is 1.36. The van der Waals surface area contributed by atoms with E-state index in [1.165, 1.54) is 4.68 Å². The number of nitrogens with one attached hydrogen (secondary N) is 1. The molecule has 0 spiro atoms. The summed E-state index contributed by atoms with van der Waals surface area (Å²) in [5, 5.41) is 3.79. The Labute approximate surface area is 106 Å². The van der Waals surface area contributed by atoms with Gasteiger partial charge in [-0.15, -0.1) is 0 Å². The highest BCUT2D eigenvalue weighted by Gasteiger charge is 2.24. The van der Waals surface area contributed by atoms with Gasteiger partial charge in [0.2, 0.25) is 10.0 Å². The summed E-state index contributed by atoms with van der Waals surface area (Å²) in [7, 11) is -5.50. The Morgan fingerprint density at radius 1 is 1.33 bits per heavy atom. The van der Waals surface area contributed by atoms with E-state index in [9.17, 15) is 16.8 Å². The Morgan fingerprint density at radius 3 is 2.28 bits per heavy atom. The molecular weight excluding hydrogens is 280 g/mol. The van der Waals surface area contributed by atoms with Crippen LogP contribution in [-0.4, -0.2) is 45.2 Å². The van der Waals surface area contributed by atoms with E-state index >= 15 is 0 Å². The number of aryl methyl sites for hydroxylation is 1. The van der Waals surface area contributed by atoms with Crippen molar-refractivity contribution in [1.82, 2.24) is 14.5 Å². The molecule has 1 aromatic heterocycles. The van der Waals surface area contributed by atoms with Crippen LogP contribution in [0.15, 0.2) is 4.90 Å². The normalized spacial score (nSPS) is 12.8. The highest BCUT2D eigenvalue weighted by atomic mass is 32.2. The van der Waals surface area contributed by atoms with Gasteiger partial charge in [-0.1, -0.05) is 0 Å². The topological polar surface area (TPSA) is 124 Å². The first-order valence-electron chi connectivity index (χ1n) is 5.01. The summed E-state index contributed by atoms with van der Waals surface area (Å²) in [4.78, 5) is -0.112. The Balaban J connectivity index is 2.94. The van der Waals surface area contributed by atoms with E-state index in [1.807, 2.05) is 0 Å². The second-order valence-electron chi connectivity index (χ2n) is 3.95. The van der Waals surface area contributed by atoms with Crippen molar-refractivity contribution in [3.63, 3.8) is 0 Å². The van der Waals surface area contributed by atoms with E-state index in [0.717, 1.165) is 6.26 Å². The van der Waals surface area contributed by atoms with Gasteiger partial charge in [-0.2, -0.15) is 5.10 Å². The van der Waals surface area contributed by atoms with Crippen molar-refractivity contribution in [3.8, 4) is 0 Å². The monoisotopic (exact) mass is 296 g/mol. The molecule has 0 amide bonds. The third kappa shape index (κ3) is 3.43. The lowest BCUT2D eigenvalue weighted by molar-refractivity contribution is 0.581. The molecule has 0 aromatic carbocycles. The third-order valence-corrected chi connectivity index (χ3v) is 4.91. The van der Waals surface area contributed by atoms with Gasteiger partial charge in [-0.25, -0.2) is 21.6 Å². The van der Waals surface area contributed by atoms with E-state index in [4.69, 9.17) is 5.73 Å². The SMILES string of the molecule is Cc1c(S(=O)(=O)NCCS(C)(=O)=O)c(N)nn1C. The number of nitrogens with zero attached hydrogens (tertiary/aromatic N) is 2. The number of hydrogen-bond donors (Lipinski definition) is 2. The minimum absolute atomic E-state index is 0.109. The van der Waals surface area contributed by atoms with Crippen LogP contribution in [0, 0.1) is 6.92 Å². The summed E-state index contributed by atoms with van der Waals surface area (Å²) in [5.74, 6) is -0.382. The van der Waals surface area contributed by atoms with Gasteiger partial charge in [0, 0.05) is 19.8 Å². The molecule has 1 heterocycles. The molecule has 0 atom stereocenters. The number of rotatable bonds is 5. The molecule has 0 saturated heterocycles. The maximum atomic E-state index is 11.9. The van der Waals surface area contributed by atoms with Gasteiger partial charge in [0.15, 0.2) is 5.82 Å². The molecule has 1 aromatic rings. The van der Waals surface area contributed by atoms with Gasteiger partial charge in [-0.3, -0.25) is 4.68 Å². The average molecular weight is 296 g/mol. The minimum atomic E-state index is -3.85. The number of aromatic nitrogens is 2. The summed E-state index contributed by atoms with van der Waals surface area (Å²) in [6.07, 6.45) is 1.03. The highest BCUT2D eigenvalue weighted by molar-refractivity contribution is 7.91. The number of sulfone groups is 1. The zero-order valence-electron chi connectivity index (χ0n) is 10.3. The third-order valence-electron chi connectivity index (χ3n) is 2.34. The summed E-state index contributed by atoms with van der Waals surface area (Å²) in [6, 6.07) is 0.